The summed E-state index contributed by atoms with van der Waals surface area (Å²) >= 11 is 0. The number of carbonyl (C=O) groups is 1. The van der Waals surface area contributed by atoms with Crippen molar-refractivity contribution in [1.82, 2.24) is 10.2 Å². The highest BCUT2D eigenvalue weighted by atomic mass is 16.5. The molecule has 0 radical (unpaired) electrons. The Kier molecular flexibility index (Phi) is 3.44. The smallest absolute Gasteiger partial charge is 0.317 e. The molecule has 24 heavy (non-hydrogen) atoms. The zero-order chi connectivity index (χ0) is 16.5. The molecule has 1 saturated heterocycles. The fourth-order valence-corrected chi connectivity index (χ4v) is 6.70. The number of nitrogens with one attached hydrogen (secondary N) is 1. The molecule has 1 heterocycles. The SMILES string of the molecule is CCO[C@@H]1C[C@H](O)C12CCN(C(=O)NC1[C@@H]3[C@H]4CC[C@@H](C4)[C@@H]13)CC2. The summed E-state index contributed by atoms with van der Waals surface area (Å²) in [4.78, 5) is 14.6. The van der Waals surface area contributed by atoms with Gasteiger partial charge >= 0.3 is 6.03 Å². The molecule has 0 aromatic rings. The van der Waals surface area contributed by atoms with Gasteiger partial charge in [-0.3, -0.25) is 0 Å². The average molecular weight is 334 g/mol. The third kappa shape index (κ3) is 2.03. The Morgan fingerprint density at radius 2 is 1.88 bits per heavy atom. The minimum Gasteiger partial charge on any atom is -0.392 e. The largest absolute Gasteiger partial charge is 0.392 e. The van der Waals surface area contributed by atoms with Crippen LogP contribution < -0.4 is 5.32 Å². The van der Waals surface area contributed by atoms with Crippen LogP contribution in [-0.2, 0) is 4.74 Å². The summed E-state index contributed by atoms with van der Waals surface area (Å²) in [6, 6.07) is 0.593. The summed E-state index contributed by atoms with van der Waals surface area (Å²) in [5, 5.41) is 13.6. The van der Waals surface area contributed by atoms with E-state index in [0.29, 0.717) is 12.6 Å². The van der Waals surface area contributed by atoms with Crippen molar-refractivity contribution in [3.63, 3.8) is 0 Å². The molecule has 2 bridgehead atoms. The van der Waals surface area contributed by atoms with Crippen LogP contribution in [0.1, 0.15) is 45.4 Å². The van der Waals surface area contributed by atoms with Crippen molar-refractivity contribution in [2.45, 2.75) is 63.7 Å². The zero-order valence-corrected chi connectivity index (χ0v) is 14.6. The average Bonchev–Trinajstić information content (AvgIpc) is 2.97. The summed E-state index contributed by atoms with van der Waals surface area (Å²) in [6.07, 6.45) is 6.63. The molecule has 0 unspecified atom stereocenters. The van der Waals surface area contributed by atoms with Crippen LogP contribution in [0.15, 0.2) is 0 Å². The van der Waals surface area contributed by atoms with Gasteiger partial charge in [-0.25, -0.2) is 4.79 Å². The van der Waals surface area contributed by atoms with Crippen molar-refractivity contribution < 1.29 is 14.6 Å². The number of ether oxygens (including phenoxy) is 1. The van der Waals surface area contributed by atoms with E-state index in [2.05, 4.69) is 5.32 Å². The van der Waals surface area contributed by atoms with Crippen molar-refractivity contribution >= 4 is 6.03 Å². The number of aliphatic hydroxyl groups excluding tert-OH is 1. The number of likely N-dealkylation sites (tertiary alicyclic amines) is 1. The predicted octanol–water partition coefficient (Wildman–Crippen LogP) is 1.99. The van der Waals surface area contributed by atoms with Gasteiger partial charge in [0.05, 0.1) is 12.2 Å². The Morgan fingerprint density at radius 1 is 1.21 bits per heavy atom. The van der Waals surface area contributed by atoms with Crippen LogP contribution in [0.2, 0.25) is 0 Å². The molecule has 2 amide bonds. The maximum atomic E-state index is 12.6. The lowest BCUT2D eigenvalue weighted by Crippen LogP contribution is -2.63. The van der Waals surface area contributed by atoms with Gasteiger partial charge in [0.15, 0.2) is 0 Å². The summed E-state index contributed by atoms with van der Waals surface area (Å²) in [5.74, 6) is 3.37. The number of aliphatic hydroxyl groups is 1. The maximum Gasteiger partial charge on any atom is 0.317 e. The van der Waals surface area contributed by atoms with E-state index in [1.165, 1.54) is 19.3 Å². The summed E-state index contributed by atoms with van der Waals surface area (Å²) in [5.41, 5.74) is -0.0953. The van der Waals surface area contributed by atoms with E-state index in [-0.39, 0.29) is 23.7 Å². The second-order valence-electron chi connectivity index (χ2n) is 8.88. The summed E-state index contributed by atoms with van der Waals surface area (Å²) < 4.78 is 5.81. The minimum absolute atomic E-state index is 0.0953. The van der Waals surface area contributed by atoms with Gasteiger partial charge in [-0.1, -0.05) is 0 Å². The molecule has 0 aromatic carbocycles. The lowest BCUT2D eigenvalue weighted by molar-refractivity contribution is -0.207. The van der Waals surface area contributed by atoms with Crippen LogP contribution >= 0.6 is 0 Å². The van der Waals surface area contributed by atoms with E-state index in [1.807, 2.05) is 11.8 Å². The topological polar surface area (TPSA) is 61.8 Å². The Hall–Kier alpha value is -0.810. The maximum absolute atomic E-state index is 12.6. The number of carbonyl (C=O) groups excluding carboxylic acids is 1. The van der Waals surface area contributed by atoms with Gasteiger partial charge < -0.3 is 20.1 Å². The van der Waals surface area contributed by atoms with Crippen LogP contribution in [0.5, 0.6) is 0 Å². The monoisotopic (exact) mass is 334 g/mol. The molecular weight excluding hydrogens is 304 g/mol. The van der Waals surface area contributed by atoms with Gasteiger partial charge in [0.1, 0.15) is 0 Å². The molecular formula is C19H30N2O3. The fourth-order valence-electron chi connectivity index (χ4n) is 6.70. The fraction of sp³-hybridized carbons (Fsp3) is 0.947. The van der Waals surface area contributed by atoms with Crippen molar-refractivity contribution in [1.29, 1.82) is 0 Å². The van der Waals surface area contributed by atoms with E-state index < -0.39 is 0 Å². The second-order valence-corrected chi connectivity index (χ2v) is 8.88. The van der Waals surface area contributed by atoms with Crippen LogP contribution in [0.25, 0.3) is 0 Å². The number of hydrogen-bond acceptors (Lipinski definition) is 3. The van der Waals surface area contributed by atoms with E-state index in [1.54, 1.807) is 0 Å². The highest BCUT2D eigenvalue weighted by Gasteiger charge is 2.65. The van der Waals surface area contributed by atoms with Gasteiger partial charge in [0, 0.05) is 37.6 Å². The first kappa shape index (κ1) is 15.4. The van der Waals surface area contributed by atoms with Gasteiger partial charge in [-0.2, -0.15) is 0 Å². The number of amides is 2. The van der Waals surface area contributed by atoms with E-state index in [9.17, 15) is 9.90 Å². The number of rotatable bonds is 3. The summed E-state index contributed by atoms with van der Waals surface area (Å²) in [7, 11) is 0. The van der Waals surface area contributed by atoms with Crippen LogP contribution in [0, 0.1) is 29.1 Å². The minimum atomic E-state index is -0.252. The lowest BCUT2D eigenvalue weighted by atomic mass is 9.58. The molecule has 1 aliphatic heterocycles. The van der Waals surface area contributed by atoms with Gasteiger partial charge in [-0.15, -0.1) is 0 Å². The molecule has 5 aliphatic rings. The third-order valence-electron chi connectivity index (χ3n) is 8.12. The van der Waals surface area contributed by atoms with Crippen molar-refractivity contribution in [2.24, 2.45) is 29.1 Å². The Labute approximate surface area is 144 Å². The molecule has 5 rings (SSSR count). The zero-order valence-electron chi connectivity index (χ0n) is 14.6. The van der Waals surface area contributed by atoms with Gasteiger partial charge in [0.25, 0.3) is 0 Å². The Morgan fingerprint density at radius 3 is 2.46 bits per heavy atom. The highest BCUT2D eigenvalue weighted by Crippen LogP contribution is 2.65. The first-order chi connectivity index (χ1) is 11.6. The molecule has 6 atom stereocenters. The molecule has 1 spiro atoms. The van der Waals surface area contributed by atoms with Crippen molar-refractivity contribution in [3.8, 4) is 0 Å². The number of nitrogens with zero attached hydrogens (tertiary/aromatic N) is 1. The van der Waals surface area contributed by atoms with E-state index >= 15 is 0 Å². The molecule has 134 valence electrons. The molecule has 0 aromatic heterocycles. The number of fused-ring (bicyclic) bond motifs is 5. The van der Waals surface area contributed by atoms with Crippen molar-refractivity contribution in [2.75, 3.05) is 19.7 Å². The standard InChI is InChI=1S/C19H30N2O3/c1-2-24-14-10-13(22)19(14)5-7-21(8-6-19)18(23)20-17-15-11-3-4-12(9-11)16(15)17/h11-17,22H,2-10H2,1H3,(H,20,23)/t11-,12-,13-,14+,15+,16+/m0/s1. The highest BCUT2D eigenvalue weighted by molar-refractivity contribution is 5.75. The quantitative estimate of drug-likeness (QED) is 0.830. The lowest BCUT2D eigenvalue weighted by Gasteiger charge is -2.56. The first-order valence-electron chi connectivity index (χ1n) is 9.99. The van der Waals surface area contributed by atoms with E-state index in [4.69, 9.17) is 4.74 Å². The molecule has 4 saturated carbocycles. The Balaban J connectivity index is 1.15. The number of urea groups is 1. The second kappa shape index (κ2) is 5.34. The predicted molar refractivity (Wildman–Crippen MR) is 89.4 cm³/mol. The van der Waals surface area contributed by atoms with Gasteiger partial charge in [0.2, 0.25) is 0 Å². The summed E-state index contributed by atoms with van der Waals surface area (Å²) in [6.45, 7) is 4.22. The third-order valence-corrected chi connectivity index (χ3v) is 8.12. The molecule has 5 nitrogen and oxygen atoms in total. The van der Waals surface area contributed by atoms with Crippen LogP contribution in [0.4, 0.5) is 4.79 Å². The molecule has 2 N–H and O–H groups in total. The molecule has 5 heteroatoms. The first-order valence-corrected chi connectivity index (χ1v) is 9.99. The van der Waals surface area contributed by atoms with Gasteiger partial charge in [-0.05, 0) is 62.7 Å². The van der Waals surface area contributed by atoms with Crippen LogP contribution in [0.3, 0.4) is 0 Å². The van der Waals surface area contributed by atoms with E-state index in [0.717, 1.165) is 56.0 Å². The van der Waals surface area contributed by atoms with Crippen LogP contribution in [-0.4, -0.2) is 54.0 Å². The normalized spacial score (nSPS) is 47.4. The molecule has 4 aliphatic carbocycles. The van der Waals surface area contributed by atoms with Crippen molar-refractivity contribution in [3.05, 3.63) is 0 Å². The number of piperidine rings is 1. The molecule has 5 fully saturated rings. The Bertz CT molecular complexity index is 513. The number of hydrogen-bond donors (Lipinski definition) is 2.